The van der Waals surface area contributed by atoms with Crippen LogP contribution in [-0.4, -0.2) is 12.5 Å². The molecule has 0 atom stereocenters. The van der Waals surface area contributed by atoms with Crippen LogP contribution in [0.2, 0.25) is 5.02 Å². The first-order valence-corrected chi connectivity index (χ1v) is 7.00. The van der Waals surface area contributed by atoms with Crippen molar-refractivity contribution in [2.75, 3.05) is 17.2 Å². The lowest BCUT2D eigenvalue weighted by molar-refractivity contribution is -0.118. The molecule has 0 saturated heterocycles. The largest absolute Gasteiger partial charge is 0.397 e. The van der Waals surface area contributed by atoms with Crippen LogP contribution in [-0.2, 0) is 11.2 Å². The van der Waals surface area contributed by atoms with E-state index in [2.05, 4.69) is 0 Å². The molecule has 0 unspecified atom stereocenters. The highest BCUT2D eigenvalue weighted by molar-refractivity contribution is 6.31. The second-order valence-electron chi connectivity index (χ2n) is 4.57. The molecule has 0 saturated carbocycles. The fourth-order valence-electron chi connectivity index (χ4n) is 2.16. The molecule has 3 nitrogen and oxygen atoms in total. The zero-order chi connectivity index (χ0) is 15.4. The molecular weight excluding hydrogens is 291 g/mol. The molecule has 1 amide bonds. The fourth-order valence-corrected chi connectivity index (χ4v) is 2.39. The molecule has 2 N–H and O–H groups in total. The summed E-state index contributed by atoms with van der Waals surface area (Å²) in [5.41, 5.74) is 7.23. The zero-order valence-corrected chi connectivity index (χ0v) is 12.4. The van der Waals surface area contributed by atoms with Gasteiger partial charge >= 0.3 is 0 Å². The Morgan fingerprint density at radius 3 is 2.57 bits per heavy atom. The van der Waals surface area contributed by atoms with Crippen LogP contribution < -0.4 is 10.6 Å². The average Bonchev–Trinajstić information content (AvgIpc) is 2.46. The van der Waals surface area contributed by atoms with Crippen molar-refractivity contribution >= 4 is 28.9 Å². The van der Waals surface area contributed by atoms with Crippen LogP contribution in [0.25, 0.3) is 0 Å². The Balaban J connectivity index is 2.28. The predicted octanol–water partition coefficient (Wildman–Crippen LogP) is 3.66. The number of hydrogen-bond donors (Lipinski definition) is 1. The van der Waals surface area contributed by atoms with Gasteiger partial charge in [0.1, 0.15) is 5.82 Å². The quantitative estimate of drug-likeness (QED) is 0.876. The van der Waals surface area contributed by atoms with Crippen LogP contribution in [0.1, 0.15) is 12.5 Å². The van der Waals surface area contributed by atoms with Crippen LogP contribution in [0.3, 0.4) is 0 Å². The number of carbonyl (C=O) groups is 1. The first-order chi connectivity index (χ1) is 10.0. The standard InChI is InChI=1S/C16H16ClFN2O/c1-2-20(15-9-4-3-8-14(15)19)16(21)10-11-12(17)6-5-7-13(11)18/h3-9H,2,10,19H2,1H3. The molecule has 21 heavy (non-hydrogen) atoms. The Morgan fingerprint density at radius 2 is 1.95 bits per heavy atom. The minimum atomic E-state index is -0.479. The highest BCUT2D eigenvalue weighted by Gasteiger charge is 2.19. The maximum Gasteiger partial charge on any atom is 0.231 e. The first-order valence-electron chi connectivity index (χ1n) is 6.62. The Hall–Kier alpha value is -2.07. The number of nitrogens with zero attached hydrogens (tertiary/aromatic N) is 1. The van der Waals surface area contributed by atoms with Crippen molar-refractivity contribution in [1.29, 1.82) is 0 Å². The summed E-state index contributed by atoms with van der Waals surface area (Å²) in [7, 11) is 0. The summed E-state index contributed by atoms with van der Waals surface area (Å²) in [6.45, 7) is 2.28. The van der Waals surface area contributed by atoms with E-state index >= 15 is 0 Å². The number of para-hydroxylation sites is 2. The van der Waals surface area contributed by atoms with Gasteiger partial charge in [-0.25, -0.2) is 4.39 Å². The van der Waals surface area contributed by atoms with Gasteiger partial charge in [0.15, 0.2) is 0 Å². The van der Waals surface area contributed by atoms with Crippen molar-refractivity contribution in [2.45, 2.75) is 13.3 Å². The first kappa shape index (κ1) is 15.3. The number of nitrogens with two attached hydrogens (primary N) is 1. The number of anilines is 2. The van der Waals surface area contributed by atoms with Crippen molar-refractivity contribution in [3.63, 3.8) is 0 Å². The lowest BCUT2D eigenvalue weighted by Crippen LogP contribution is -2.32. The summed E-state index contributed by atoms with van der Waals surface area (Å²) in [4.78, 5) is 14.0. The Kier molecular flexibility index (Phi) is 4.81. The summed E-state index contributed by atoms with van der Waals surface area (Å²) in [5, 5.41) is 0.250. The van der Waals surface area contributed by atoms with E-state index in [0.29, 0.717) is 17.9 Å². The molecule has 0 heterocycles. The summed E-state index contributed by atoms with van der Waals surface area (Å²) < 4.78 is 13.8. The maximum absolute atomic E-state index is 13.8. The smallest absolute Gasteiger partial charge is 0.231 e. The second-order valence-corrected chi connectivity index (χ2v) is 4.98. The molecule has 0 aliphatic heterocycles. The zero-order valence-electron chi connectivity index (χ0n) is 11.6. The lowest BCUT2D eigenvalue weighted by Gasteiger charge is -2.23. The van der Waals surface area contributed by atoms with Gasteiger partial charge in [0.25, 0.3) is 0 Å². The third-order valence-electron chi connectivity index (χ3n) is 3.23. The number of rotatable bonds is 4. The molecule has 2 rings (SSSR count). The average molecular weight is 307 g/mol. The molecule has 0 radical (unpaired) electrons. The van der Waals surface area contributed by atoms with Crippen LogP contribution in [0, 0.1) is 5.82 Å². The second kappa shape index (κ2) is 6.59. The lowest BCUT2D eigenvalue weighted by atomic mass is 10.1. The van der Waals surface area contributed by atoms with Crippen molar-refractivity contribution in [2.24, 2.45) is 0 Å². The van der Waals surface area contributed by atoms with Gasteiger partial charge in [0, 0.05) is 17.1 Å². The highest BCUT2D eigenvalue weighted by atomic mass is 35.5. The molecule has 5 heteroatoms. The van der Waals surface area contributed by atoms with Gasteiger partial charge < -0.3 is 10.6 Å². The Morgan fingerprint density at radius 1 is 1.24 bits per heavy atom. The Bertz CT molecular complexity index is 640. The van der Waals surface area contributed by atoms with E-state index in [1.807, 2.05) is 6.92 Å². The normalized spacial score (nSPS) is 10.4. The third kappa shape index (κ3) is 3.34. The van der Waals surface area contributed by atoms with E-state index in [0.717, 1.165) is 0 Å². The number of carbonyl (C=O) groups excluding carboxylic acids is 1. The van der Waals surface area contributed by atoms with E-state index in [1.54, 1.807) is 30.3 Å². The highest BCUT2D eigenvalue weighted by Crippen LogP contribution is 2.25. The van der Waals surface area contributed by atoms with E-state index in [4.69, 9.17) is 17.3 Å². The molecule has 0 aromatic heterocycles. The summed E-state index contributed by atoms with van der Waals surface area (Å²) >= 11 is 5.96. The topological polar surface area (TPSA) is 46.3 Å². The van der Waals surface area contributed by atoms with Crippen LogP contribution in [0.4, 0.5) is 15.8 Å². The van der Waals surface area contributed by atoms with Gasteiger partial charge in [0.05, 0.1) is 17.8 Å². The monoisotopic (exact) mass is 306 g/mol. The van der Waals surface area contributed by atoms with Crippen LogP contribution >= 0.6 is 11.6 Å². The molecule has 110 valence electrons. The molecule has 0 aliphatic carbocycles. The maximum atomic E-state index is 13.8. The molecule has 0 aliphatic rings. The van der Waals surface area contributed by atoms with Gasteiger partial charge in [-0.2, -0.15) is 0 Å². The fraction of sp³-hybridized carbons (Fsp3) is 0.188. The number of benzene rings is 2. The molecule has 0 bridgehead atoms. The SMILES string of the molecule is CCN(C(=O)Cc1c(F)cccc1Cl)c1ccccc1N. The van der Waals surface area contributed by atoms with E-state index < -0.39 is 5.82 Å². The summed E-state index contributed by atoms with van der Waals surface area (Å²) in [5.74, 6) is -0.727. The van der Waals surface area contributed by atoms with Crippen molar-refractivity contribution < 1.29 is 9.18 Å². The van der Waals surface area contributed by atoms with E-state index in [-0.39, 0.29) is 22.9 Å². The molecular formula is C16H16ClFN2O. The molecule has 0 spiro atoms. The number of nitrogen functional groups attached to an aromatic ring is 1. The summed E-state index contributed by atoms with van der Waals surface area (Å²) in [6.07, 6.45) is -0.103. The van der Waals surface area contributed by atoms with Crippen LogP contribution in [0.15, 0.2) is 42.5 Å². The van der Waals surface area contributed by atoms with E-state index in [9.17, 15) is 9.18 Å². The minimum Gasteiger partial charge on any atom is -0.397 e. The Labute approximate surface area is 128 Å². The number of halogens is 2. The van der Waals surface area contributed by atoms with Gasteiger partial charge in [-0.1, -0.05) is 29.8 Å². The molecule has 2 aromatic rings. The van der Waals surface area contributed by atoms with Crippen molar-refractivity contribution in [3.05, 3.63) is 58.9 Å². The number of amides is 1. The third-order valence-corrected chi connectivity index (χ3v) is 3.59. The van der Waals surface area contributed by atoms with Crippen molar-refractivity contribution in [3.8, 4) is 0 Å². The molecule has 2 aromatic carbocycles. The van der Waals surface area contributed by atoms with Crippen LogP contribution in [0.5, 0.6) is 0 Å². The minimum absolute atomic E-state index is 0.103. The summed E-state index contributed by atoms with van der Waals surface area (Å²) in [6, 6.07) is 11.5. The van der Waals surface area contributed by atoms with Crippen molar-refractivity contribution in [1.82, 2.24) is 0 Å². The van der Waals surface area contributed by atoms with Gasteiger partial charge in [-0.15, -0.1) is 0 Å². The van der Waals surface area contributed by atoms with E-state index in [1.165, 1.54) is 17.0 Å². The number of hydrogen-bond acceptors (Lipinski definition) is 2. The van der Waals surface area contributed by atoms with Gasteiger partial charge in [0.2, 0.25) is 5.91 Å². The predicted molar refractivity (Wildman–Crippen MR) is 84.0 cm³/mol. The van der Waals surface area contributed by atoms with Gasteiger partial charge in [-0.3, -0.25) is 4.79 Å². The molecule has 0 fully saturated rings. The van der Waals surface area contributed by atoms with Gasteiger partial charge in [-0.05, 0) is 31.2 Å². The number of likely N-dealkylation sites (N-methyl/N-ethyl adjacent to an activating group) is 1.